The minimum absolute atomic E-state index is 0.152. The van der Waals surface area contributed by atoms with Gasteiger partial charge in [0.2, 0.25) is 0 Å². The Hall–Kier alpha value is -2.83. The Labute approximate surface area is 158 Å². The van der Waals surface area contributed by atoms with Crippen molar-refractivity contribution in [2.75, 3.05) is 7.11 Å². The highest BCUT2D eigenvalue weighted by Crippen LogP contribution is 2.24. The average Bonchev–Trinajstić information content (AvgIpc) is 3.11. The first-order valence-corrected chi connectivity index (χ1v) is 9.24. The van der Waals surface area contributed by atoms with Gasteiger partial charge in [0, 0.05) is 18.5 Å². The van der Waals surface area contributed by atoms with Gasteiger partial charge in [0.1, 0.15) is 18.5 Å². The normalized spacial score (nSPS) is 15.9. The predicted octanol–water partition coefficient (Wildman–Crippen LogP) is 2.99. The molecule has 0 radical (unpaired) electrons. The highest BCUT2D eigenvalue weighted by Gasteiger charge is 2.38. The first-order valence-electron chi connectivity index (χ1n) is 9.24. The van der Waals surface area contributed by atoms with Crippen molar-refractivity contribution in [1.29, 1.82) is 0 Å². The number of benzene rings is 1. The number of aromatic amines is 1. The molecular formula is C20H25N3O4. The minimum Gasteiger partial charge on any atom is -0.467 e. The quantitative estimate of drug-likeness (QED) is 0.789. The van der Waals surface area contributed by atoms with Crippen LogP contribution in [0.2, 0.25) is 0 Å². The van der Waals surface area contributed by atoms with E-state index in [9.17, 15) is 9.59 Å². The van der Waals surface area contributed by atoms with Crippen LogP contribution < -0.4 is 0 Å². The molecule has 0 saturated carbocycles. The number of nitrogens with one attached hydrogen (secondary N) is 1. The van der Waals surface area contributed by atoms with Crippen LogP contribution in [0.3, 0.4) is 0 Å². The minimum atomic E-state index is -0.717. The third kappa shape index (κ3) is 4.48. The van der Waals surface area contributed by atoms with Gasteiger partial charge in [0.25, 0.3) is 0 Å². The van der Waals surface area contributed by atoms with Gasteiger partial charge < -0.3 is 14.5 Å². The van der Waals surface area contributed by atoms with E-state index in [0.717, 1.165) is 42.0 Å². The van der Waals surface area contributed by atoms with E-state index in [2.05, 4.69) is 16.9 Å². The maximum atomic E-state index is 12.6. The Bertz CT molecular complexity index is 788. The van der Waals surface area contributed by atoms with E-state index in [-0.39, 0.29) is 13.2 Å². The number of aryl methyl sites for hydroxylation is 1. The summed E-state index contributed by atoms with van der Waals surface area (Å²) < 4.78 is 10.3. The van der Waals surface area contributed by atoms with E-state index in [1.807, 2.05) is 30.3 Å². The van der Waals surface area contributed by atoms with Crippen molar-refractivity contribution in [3.8, 4) is 0 Å². The molecule has 7 nitrogen and oxygen atoms in total. The molecule has 1 N–H and O–H groups in total. The number of amides is 1. The zero-order valence-electron chi connectivity index (χ0n) is 15.7. The number of imidazole rings is 1. The van der Waals surface area contributed by atoms with E-state index in [0.29, 0.717) is 6.42 Å². The molecule has 0 aliphatic carbocycles. The van der Waals surface area contributed by atoms with Gasteiger partial charge in [-0.25, -0.2) is 14.6 Å². The highest BCUT2D eigenvalue weighted by molar-refractivity contribution is 5.82. The lowest BCUT2D eigenvalue weighted by Gasteiger charge is -2.32. The molecule has 0 saturated heterocycles. The number of hydrogen-bond acceptors (Lipinski definition) is 5. The summed E-state index contributed by atoms with van der Waals surface area (Å²) in [5.41, 5.74) is 2.57. The summed E-state index contributed by atoms with van der Waals surface area (Å²) in [5.74, 6) is 0.437. The molecule has 1 atom stereocenters. The van der Waals surface area contributed by atoms with Crippen molar-refractivity contribution in [3.63, 3.8) is 0 Å². The molecule has 27 heavy (non-hydrogen) atoms. The summed E-state index contributed by atoms with van der Waals surface area (Å²) in [5, 5.41) is 0. The molecule has 2 aromatic rings. The Morgan fingerprint density at radius 3 is 2.78 bits per heavy atom. The van der Waals surface area contributed by atoms with E-state index >= 15 is 0 Å². The van der Waals surface area contributed by atoms with Gasteiger partial charge in [-0.15, -0.1) is 0 Å². The van der Waals surface area contributed by atoms with Crippen LogP contribution in [0.5, 0.6) is 0 Å². The van der Waals surface area contributed by atoms with Crippen LogP contribution in [-0.4, -0.2) is 40.1 Å². The van der Waals surface area contributed by atoms with E-state index in [4.69, 9.17) is 9.47 Å². The van der Waals surface area contributed by atoms with Crippen molar-refractivity contribution in [2.45, 2.75) is 51.8 Å². The van der Waals surface area contributed by atoms with Gasteiger partial charge in [-0.2, -0.15) is 0 Å². The van der Waals surface area contributed by atoms with Crippen LogP contribution in [0, 0.1) is 0 Å². The molecule has 0 bridgehead atoms. The van der Waals surface area contributed by atoms with Crippen molar-refractivity contribution in [1.82, 2.24) is 14.9 Å². The van der Waals surface area contributed by atoms with E-state index < -0.39 is 18.1 Å². The lowest BCUT2D eigenvalue weighted by Crippen LogP contribution is -2.49. The van der Waals surface area contributed by atoms with Crippen molar-refractivity contribution in [2.24, 2.45) is 0 Å². The molecule has 0 spiro atoms. The van der Waals surface area contributed by atoms with Gasteiger partial charge in [-0.3, -0.25) is 4.90 Å². The number of carbonyl (C=O) groups is 2. The number of rotatable bonds is 6. The largest absolute Gasteiger partial charge is 0.467 e. The molecule has 1 aliphatic heterocycles. The van der Waals surface area contributed by atoms with Gasteiger partial charge in [-0.1, -0.05) is 43.7 Å². The van der Waals surface area contributed by atoms with Gasteiger partial charge in [0.05, 0.1) is 19.3 Å². The number of esters is 1. The fourth-order valence-electron chi connectivity index (χ4n) is 3.18. The summed E-state index contributed by atoms with van der Waals surface area (Å²) in [6, 6.07) is 8.72. The molecule has 1 aromatic heterocycles. The van der Waals surface area contributed by atoms with Crippen molar-refractivity contribution in [3.05, 3.63) is 53.1 Å². The molecule has 0 fully saturated rings. The van der Waals surface area contributed by atoms with Crippen LogP contribution in [0.4, 0.5) is 4.79 Å². The second kappa shape index (κ2) is 8.70. The monoisotopic (exact) mass is 371 g/mol. The molecule has 2 heterocycles. The second-order valence-electron chi connectivity index (χ2n) is 6.62. The first-order chi connectivity index (χ1) is 13.1. The molecule has 1 aliphatic rings. The molecular weight excluding hydrogens is 346 g/mol. The number of aromatic nitrogens is 2. The van der Waals surface area contributed by atoms with Crippen LogP contribution in [0.1, 0.15) is 42.5 Å². The van der Waals surface area contributed by atoms with E-state index in [1.165, 1.54) is 12.0 Å². The Morgan fingerprint density at radius 2 is 2.07 bits per heavy atom. The predicted molar refractivity (Wildman–Crippen MR) is 98.9 cm³/mol. The summed E-state index contributed by atoms with van der Waals surface area (Å²) in [6.45, 7) is 2.51. The van der Waals surface area contributed by atoms with Crippen molar-refractivity contribution >= 4 is 12.1 Å². The zero-order valence-corrected chi connectivity index (χ0v) is 15.7. The summed E-state index contributed by atoms with van der Waals surface area (Å²) in [7, 11) is 1.32. The van der Waals surface area contributed by atoms with Crippen LogP contribution >= 0.6 is 0 Å². The maximum Gasteiger partial charge on any atom is 0.411 e. The third-order valence-corrected chi connectivity index (χ3v) is 4.69. The second-order valence-corrected chi connectivity index (χ2v) is 6.62. The number of unbranched alkanes of at least 4 members (excludes halogenated alkanes) is 1. The Morgan fingerprint density at radius 1 is 1.30 bits per heavy atom. The fourth-order valence-corrected chi connectivity index (χ4v) is 3.18. The molecule has 7 heteroatoms. The van der Waals surface area contributed by atoms with Gasteiger partial charge in [-0.05, 0) is 12.0 Å². The SMILES string of the molecule is CCCCc1nc2c([nH]1)CC(C(=O)OC)N(C(=O)OCc1ccccc1)C2. The third-order valence-electron chi connectivity index (χ3n) is 4.69. The highest BCUT2D eigenvalue weighted by atomic mass is 16.6. The number of hydrogen-bond donors (Lipinski definition) is 1. The van der Waals surface area contributed by atoms with Crippen molar-refractivity contribution < 1.29 is 19.1 Å². The van der Waals surface area contributed by atoms with Crippen LogP contribution in [0.15, 0.2) is 30.3 Å². The summed E-state index contributed by atoms with van der Waals surface area (Å²) in [6.07, 6.45) is 2.77. The molecule has 1 amide bonds. The topological polar surface area (TPSA) is 84.5 Å². The number of fused-ring (bicyclic) bond motifs is 1. The van der Waals surface area contributed by atoms with Gasteiger partial charge >= 0.3 is 12.1 Å². The van der Waals surface area contributed by atoms with Crippen LogP contribution in [-0.2, 0) is 40.3 Å². The summed E-state index contributed by atoms with van der Waals surface area (Å²) in [4.78, 5) is 34.2. The van der Waals surface area contributed by atoms with Gasteiger partial charge in [0.15, 0.2) is 0 Å². The smallest absolute Gasteiger partial charge is 0.411 e. The Kier molecular flexibility index (Phi) is 6.11. The summed E-state index contributed by atoms with van der Waals surface area (Å²) >= 11 is 0. The number of ether oxygens (including phenoxy) is 2. The number of carbonyl (C=O) groups excluding carboxylic acids is 2. The van der Waals surface area contributed by atoms with E-state index in [1.54, 1.807) is 0 Å². The first kappa shape index (κ1) is 18.9. The molecule has 144 valence electrons. The fraction of sp³-hybridized carbons (Fsp3) is 0.450. The average molecular weight is 371 g/mol. The standard InChI is InChI=1S/C20H25N3O4/c1-3-4-10-18-21-15-11-17(19(24)26-2)23(12-16(15)22-18)20(25)27-13-14-8-6-5-7-9-14/h5-9,17H,3-4,10-13H2,1-2H3,(H,21,22). The zero-order chi connectivity index (χ0) is 19.2. The lowest BCUT2D eigenvalue weighted by atomic mass is 10.0. The number of methoxy groups -OCH3 is 1. The lowest BCUT2D eigenvalue weighted by molar-refractivity contribution is -0.147. The number of nitrogens with zero attached hydrogens (tertiary/aromatic N) is 2. The molecule has 1 unspecified atom stereocenters. The van der Waals surface area contributed by atoms with Crippen LogP contribution in [0.25, 0.3) is 0 Å². The molecule has 1 aromatic carbocycles. The Balaban J connectivity index is 1.74. The molecule has 3 rings (SSSR count). The maximum absolute atomic E-state index is 12.6. The number of H-pyrrole nitrogens is 1.